The van der Waals surface area contributed by atoms with Crippen LogP contribution < -0.4 is 10.1 Å². The number of amidine groups is 1. The third-order valence-corrected chi connectivity index (χ3v) is 7.17. The summed E-state index contributed by atoms with van der Waals surface area (Å²) in [5.74, 6) is 0.215. The van der Waals surface area contributed by atoms with Crippen molar-refractivity contribution in [2.75, 3.05) is 6.61 Å². The Labute approximate surface area is 222 Å². The molecule has 37 heavy (non-hydrogen) atoms. The van der Waals surface area contributed by atoms with E-state index >= 15 is 0 Å². The van der Waals surface area contributed by atoms with Crippen molar-refractivity contribution >= 4 is 28.8 Å². The van der Waals surface area contributed by atoms with E-state index in [1.807, 2.05) is 85.7 Å². The number of hydrogen-bond acceptors (Lipinski definition) is 7. The minimum atomic E-state index is -0.496. The maximum Gasteiger partial charge on any atom is 0.338 e. The number of benzene rings is 2. The molecular formula is C29H33N3O4S. The van der Waals surface area contributed by atoms with Crippen molar-refractivity contribution in [3.8, 4) is 5.75 Å². The van der Waals surface area contributed by atoms with Crippen LogP contribution in [0.5, 0.6) is 5.75 Å². The fourth-order valence-electron chi connectivity index (χ4n) is 4.26. The zero-order valence-electron chi connectivity index (χ0n) is 21.7. The molecule has 0 fully saturated rings. The second-order valence-corrected chi connectivity index (χ2v) is 9.85. The molecule has 7 nitrogen and oxygen atoms in total. The minimum Gasteiger partial charge on any atom is -0.489 e. The van der Waals surface area contributed by atoms with Gasteiger partial charge in [-0.3, -0.25) is 4.79 Å². The van der Waals surface area contributed by atoms with E-state index in [0.29, 0.717) is 23.6 Å². The predicted octanol–water partition coefficient (Wildman–Crippen LogP) is 5.71. The van der Waals surface area contributed by atoms with E-state index in [4.69, 9.17) is 14.5 Å². The van der Waals surface area contributed by atoms with Crippen LogP contribution in [0.25, 0.3) is 0 Å². The first-order chi connectivity index (χ1) is 17.9. The maximum atomic E-state index is 13.2. The van der Waals surface area contributed by atoms with Crippen LogP contribution in [0.4, 0.5) is 0 Å². The molecule has 0 unspecified atom stereocenters. The minimum absolute atomic E-state index is 0.0647. The summed E-state index contributed by atoms with van der Waals surface area (Å²) in [7, 11) is 0. The molecule has 1 amide bonds. The van der Waals surface area contributed by atoms with Gasteiger partial charge in [-0.25, -0.2) is 9.79 Å². The summed E-state index contributed by atoms with van der Waals surface area (Å²) in [6.07, 6.45) is 1.04. The molecule has 2 aromatic carbocycles. The van der Waals surface area contributed by atoms with Crippen LogP contribution in [0.3, 0.4) is 0 Å². The lowest BCUT2D eigenvalue weighted by Crippen LogP contribution is -2.39. The van der Waals surface area contributed by atoms with Gasteiger partial charge in [0, 0.05) is 11.7 Å². The smallest absolute Gasteiger partial charge is 0.338 e. The predicted molar refractivity (Wildman–Crippen MR) is 147 cm³/mol. The monoisotopic (exact) mass is 519 g/mol. The van der Waals surface area contributed by atoms with Gasteiger partial charge in [0.05, 0.1) is 30.3 Å². The van der Waals surface area contributed by atoms with Gasteiger partial charge in [0.2, 0.25) is 5.91 Å². The number of hydrogen-bond donors (Lipinski definition) is 1. The second-order valence-electron chi connectivity index (χ2n) is 9.01. The highest BCUT2D eigenvalue weighted by molar-refractivity contribution is 8.16. The number of carbonyl (C=O) groups is 2. The van der Waals surface area contributed by atoms with Crippen molar-refractivity contribution < 1.29 is 19.1 Å². The van der Waals surface area contributed by atoms with E-state index in [1.54, 1.807) is 6.92 Å². The third-order valence-electron chi connectivity index (χ3n) is 6.28. The third kappa shape index (κ3) is 6.25. The number of ether oxygens (including phenoxy) is 2. The lowest BCUT2D eigenvalue weighted by atomic mass is 9.93. The zero-order chi connectivity index (χ0) is 26.4. The van der Waals surface area contributed by atoms with Crippen LogP contribution in [-0.2, 0) is 20.9 Å². The number of nitrogens with one attached hydrogen (secondary N) is 1. The van der Waals surface area contributed by atoms with E-state index in [1.165, 1.54) is 11.8 Å². The van der Waals surface area contributed by atoms with Crippen molar-refractivity contribution in [2.24, 2.45) is 4.99 Å². The quantitative estimate of drug-likeness (QED) is 0.405. The SMILES string of the molecule is CCOC(=O)C1=C(C)N=C2SC=C(CC(=O)N[C@@H](C)CC)N2[C@@H]1c1cccc(OCc2ccccc2)c1. The summed E-state index contributed by atoms with van der Waals surface area (Å²) in [5.41, 5.74) is 3.78. The number of esters is 1. The molecular weight excluding hydrogens is 486 g/mol. The Morgan fingerprint density at radius 3 is 2.65 bits per heavy atom. The number of amides is 1. The molecule has 2 aliphatic rings. The van der Waals surface area contributed by atoms with Gasteiger partial charge in [0.15, 0.2) is 5.17 Å². The lowest BCUT2D eigenvalue weighted by molar-refractivity contribution is -0.139. The molecule has 1 N–H and O–H groups in total. The van der Waals surface area contributed by atoms with Gasteiger partial charge in [0.25, 0.3) is 0 Å². The number of fused-ring (bicyclic) bond motifs is 1. The van der Waals surface area contributed by atoms with Crippen molar-refractivity contribution in [1.29, 1.82) is 0 Å². The summed E-state index contributed by atoms with van der Waals surface area (Å²) >= 11 is 1.46. The molecule has 0 radical (unpaired) electrons. The van der Waals surface area contributed by atoms with E-state index in [9.17, 15) is 9.59 Å². The van der Waals surface area contributed by atoms with E-state index in [0.717, 1.165) is 28.4 Å². The number of allylic oxidation sites excluding steroid dienone is 1. The van der Waals surface area contributed by atoms with Crippen LogP contribution >= 0.6 is 11.8 Å². The van der Waals surface area contributed by atoms with Crippen LogP contribution in [0.1, 0.15) is 57.7 Å². The van der Waals surface area contributed by atoms with Crippen molar-refractivity contribution in [3.05, 3.63) is 88.1 Å². The van der Waals surface area contributed by atoms with Gasteiger partial charge in [-0.15, -0.1) is 0 Å². The molecule has 0 bridgehead atoms. The summed E-state index contributed by atoms with van der Waals surface area (Å²) in [4.78, 5) is 32.7. The van der Waals surface area contributed by atoms with Gasteiger partial charge < -0.3 is 19.7 Å². The molecule has 4 rings (SSSR count). The standard InChI is InChI=1S/C29H33N3O4S/c1-5-19(3)30-25(33)16-23-18-37-29-31-20(4)26(28(34)35-6-2)27(32(23)29)22-13-10-14-24(15-22)36-17-21-11-8-7-9-12-21/h7-15,18-19,27H,5-6,16-17H2,1-4H3,(H,30,33)/t19-,27+/m0/s1. The van der Waals surface area contributed by atoms with Gasteiger partial charge >= 0.3 is 5.97 Å². The highest BCUT2D eigenvalue weighted by Gasteiger charge is 2.41. The molecule has 0 spiro atoms. The van der Waals surface area contributed by atoms with E-state index in [2.05, 4.69) is 5.32 Å². The number of thioether (sulfide) groups is 1. The Hall–Kier alpha value is -3.52. The average Bonchev–Trinajstić information content (AvgIpc) is 3.28. The number of carbonyl (C=O) groups excluding carboxylic acids is 2. The van der Waals surface area contributed by atoms with Gasteiger partial charge in [-0.2, -0.15) is 0 Å². The van der Waals surface area contributed by atoms with Crippen LogP contribution in [0.15, 0.2) is 82.0 Å². The fourth-order valence-corrected chi connectivity index (χ4v) is 5.23. The molecule has 2 aliphatic heterocycles. The first-order valence-electron chi connectivity index (χ1n) is 12.6. The van der Waals surface area contributed by atoms with Crippen LogP contribution in [-0.4, -0.2) is 34.6 Å². The molecule has 2 atom stereocenters. The maximum absolute atomic E-state index is 13.2. The summed E-state index contributed by atoms with van der Waals surface area (Å²) < 4.78 is 11.5. The van der Waals surface area contributed by atoms with Gasteiger partial charge in [-0.05, 0) is 55.9 Å². The Bertz CT molecular complexity index is 1240. The topological polar surface area (TPSA) is 80.2 Å². The van der Waals surface area contributed by atoms with Crippen molar-refractivity contribution in [3.63, 3.8) is 0 Å². The average molecular weight is 520 g/mol. The number of aliphatic imine (C=N–C) groups is 1. The van der Waals surface area contributed by atoms with Gasteiger partial charge in [-0.1, -0.05) is 61.2 Å². The number of rotatable bonds is 10. The van der Waals surface area contributed by atoms with Crippen LogP contribution in [0.2, 0.25) is 0 Å². The normalized spacial score (nSPS) is 17.5. The molecule has 0 saturated carbocycles. The summed E-state index contributed by atoms with van der Waals surface area (Å²) in [5, 5.41) is 5.71. The Morgan fingerprint density at radius 1 is 1.14 bits per heavy atom. The van der Waals surface area contributed by atoms with Crippen molar-refractivity contribution in [2.45, 2.75) is 59.2 Å². The Morgan fingerprint density at radius 2 is 1.92 bits per heavy atom. The zero-order valence-corrected chi connectivity index (χ0v) is 22.5. The highest BCUT2D eigenvalue weighted by Crippen LogP contribution is 2.45. The Kier molecular flexibility index (Phi) is 8.71. The Balaban J connectivity index is 1.67. The second kappa shape index (κ2) is 12.1. The largest absolute Gasteiger partial charge is 0.489 e. The summed E-state index contributed by atoms with van der Waals surface area (Å²) in [6.45, 7) is 8.32. The molecule has 0 aliphatic carbocycles. The molecule has 0 aromatic heterocycles. The first kappa shape index (κ1) is 26.5. The molecule has 0 saturated heterocycles. The fraction of sp³-hybridized carbons (Fsp3) is 0.345. The lowest BCUT2D eigenvalue weighted by Gasteiger charge is -2.36. The van der Waals surface area contributed by atoms with E-state index < -0.39 is 12.0 Å². The molecule has 194 valence electrons. The molecule has 2 heterocycles. The summed E-state index contributed by atoms with van der Waals surface area (Å²) in [6, 6.07) is 17.3. The van der Waals surface area contributed by atoms with Gasteiger partial charge in [0.1, 0.15) is 12.4 Å². The van der Waals surface area contributed by atoms with Crippen LogP contribution in [0, 0.1) is 0 Å². The highest BCUT2D eigenvalue weighted by atomic mass is 32.2. The number of nitrogens with zero attached hydrogens (tertiary/aromatic N) is 2. The molecule has 2 aromatic rings. The van der Waals surface area contributed by atoms with Crippen molar-refractivity contribution in [1.82, 2.24) is 10.2 Å². The molecule has 8 heteroatoms. The van der Waals surface area contributed by atoms with E-state index in [-0.39, 0.29) is 25.0 Å². The first-order valence-corrected chi connectivity index (χ1v) is 13.5.